The molecule has 0 aliphatic heterocycles. The highest BCUT2D eigenvalue weighted by Crippen LogP contribution is 2.19. The predicted molar refractivity (Wildman–Crippen MR) is 59.1 cm³/mol. The summed E-state index contributed by atoms with van der Waals surface area (Å²) in [6, 6.07) is 7.76. The van der Waals surface area contributed by atoms with E-state index in [0.717, 1.165) is 17.8 Å². The van der Waals surface area contributed by atoms with Crippen LogP contribution >= 0.6 is 0 Å². The maximum absolute atomic E-state index is 9.15. The van der Waals surface area contributed by atoms with Crippen LogP contribution in [0.3, 0.4) is 0 Å². The first-order valence-electron chi connectivity index (χ1n) is 4.70. The van der Waals surface area contributed by atoms with Crippen LogP contribution in [0.4, 0.5) is 5.69 Å². The average molecular weight is 189 g/mol. The molecule has 0 fully saturated rings. The van der Waals surface area contributed by atoms with Crippen LogP contribution in [0.25, 0.3) is 0 Å². The molecular formula is C12H15NO. The second-order valence-electron chi connectivity index (χ2n) is 3.01. The van der Waals surface area contributed by atoms with Gasteiger partial charge in [-0.2, -0.15) is 0 Å². The number of nitrogens with zero attached hydrogens (tertiary/aromatic N) is 1. The van der Waals surface area contributed by atoms with E-state index in [9.17, 15) is 0 Å². The normalized spacial score (nSPS) is 9.50. The van der Waals surface area contributed by atoms with Crippen LogP contribution < -0.4 is 4.90 Å². The molecule has 1 rings (SSSR count). The van der Waals surface area contributed by atoms with Gasteiger partial charge in [-0.1, -0.05) is 24.1 Å². The van der Waals surface area contributed by atoms with E-state index >= 15 is 0 Å². The second kappa shape index (κ2) is 5.31. The first kappa shape index (κ1) is 10.6. The molecule has 1 N–H and O–H groups in total. The van der Waals surface area contributed by atoms with Gasteiger partial charge in [0, 0.05) is 17.8 Å². The molecule has 1 aromatic rings. The van der Waals surface area contributed by atoms with E-state index in [-0.39, 0.29) is 6.61 Å². The number of benzene rings is 1. The first-order valence-corrected chi connectivity index (χ1v) is 4.70. The van der Waals surface area contributed by atoms with E-state index in [1.807, 2.05) is 31.2 Å². The quantitative estimate of drug-likeness (QED) is 0.728. The summed E-state index contributed by atoms with van der Waals surface area (Å²) in [6.45, 7) is 3.53. The van der Waals surface area contributed by atoms with Crippen LogP contribution in [0.15, 0.2) is 24.3 Å². The smallest absolute Gasteiger partial charge is 0.0791 e. The largest absolute Gasteiger partial charge is 0.392 e. The topological polar surface area (TPSA) is 23.5 Å². The van der Waals surface area contributed by atoms with Crippen molar-refractivity contribution in [2.24, 2.45) is 0 Å². The molecule has 1 aromatic carbocycles. The first-order chi connectivity index (χ1) is 6.83. The third kappa shape index (κ3) is 2.27. The molecule has 14 heavy (non-hydrogen) atoms. The summed E-state index contributed by atoms with van der Waals surface area (Å²) in [5, 5.41) is 9.15. The number of hydrogen-bond donors (Lipinski definition) is 1. The van der Waals surface area contributed by atoms with Crippen LogP contribution in [0.5, 0.6) is 0 Å². The molecule has 0 saturated heterocycles. The van der Waals surface area contributed by atoms with Gasteiger partial charge in [0.15, 0.2) is 0 Å². The fraction of sp³-hybridized carbons (Fsp3) is 0.333. The lowest BCUT2D eigenvalue weighted by atomic mass is 10.1. The lowest BCUT2D eigenvalue weighted by Gasteiger charge is -2.22. The SMILES string of the molecule is C#CCN(CC)c1ccccc1CO. The van der Waals surface area contributed by atoms with Crippen molar-refractivity contribution in [1.29, 1.82) is 0 Å². The van der Waals surface area contributed by atoms with Crippen molar-refractivity contribution in [2.45, 2.75) is 13.5 Å². The van der Waals surface area contributed by atoms with Gasteiger partial charge in [0.25, 0.3) is 0 Å². The Bertz CT molecular complexity index is 327. The maximum Gasteiger partial charge on any atom is 0.0791 e. The van der Waals surface area contributed by atoms with Crippen LogP contribution in [-0.2, 0) is 6.61 Å². The highest BCUT2D eigenvalue weighted by atomic mass is 16.3. The van der Waals surface area contributed by atoms with E-state index < -0.39 is 0 Å². The highest BCUT2D eigenvalue weighted by Gasteiger charge is 2.06. The van der Waals surface area contributed by atoms with Crippen molar-refractivity contribution in [1.82, 2.24) is 0 Å². The summed E-state index contributed by atoms with van der Waals surface area (Å²) < 4.78 is 0. The van der Waals surface area contributed by atoms with E-state index in [1.54, 1.807) is 0 Å². The zero-order chi connectivity index (χ0) is 10.4. The molecule has 0 heterocycles. The fourth-order valence-corrected chi connectivity index (χ4v) is 1.43. The molecule has 74 valence electrons. The van der Waals surface area contributed by atoms with Crippen LogP contribution in [0.2, 0.25) is 0 Å². The van der Waals surface area contributed by atoms with Crippen molar-refractivity contribution in [2.75, 3.05) is 18.0 Å². The number of rotatable bonds is 4. The molecule has 0 aliphatic rings. The van der Waals surface area contributed by atoms with Crippen molar-refractivity contribution >= 4 is 5.69 Å². The molecule has 0 aromatic heterocycles. The van der Waals surface area contributed by atoms with Crippen molar-refractivity contribution in [3.05, 3.63) is 29.8 Å². The van der Waals surface area contributed by atoms with E-state index in [0.29, 0.717) is 6.54 Å². The molecule has 0 atom stereocenters. The molecular weight excluding hydrogens is 174 g/mol. The Labute approximate surface area is 85.2 Å². The summed E-state index contributed by atoms with van der Waals surface area (Å²) >= 11 is 0. The summed E-state index contributed by atoms with van der Waals surface area (Å²) in [4.78, 5) is 2.06. The monoisotopic (exact) mass is 189 g/mol. The molecule has 0 unspecified atom stereocenters. The fourth-order valence-electron chi connectivity index (χ4n) is 1.43. The number of terminal acetylenes is 1. The van der Waals surface area contributed by atoms with Crippen molar-refractivity contribution < 1.29 is 5.11 Å². The average Bonchev–Trinajstić information content (AvgIpc) is 2.26. The van der Waals surface area contributed by atoms with Crippen molar-refractivity contribution in [3.8, 4) is 12.3 Å². The summed E-state index contributed by atoms with van der Waals surface area (Å²) in [5.41, 5.74) is 1.94. The zero-order valence-corrected chi connectivity index (χ0v) is 8.40. The minimum absolute atomic E-state index is 0.0528. The van der Waals surface area contributed by atoms with Gasteiger partial charge in [-0.3, -0.25) is 0 Å². The summed E-state index contributed by atoms with van der Waals surface area (Å²) in [5.74, 6) is 2.61. The van der Waals surface area contributed by atoms with Gasteiger partial charge in [0.2, 0.25) is 0 Å². The Morgan fingerprint density at radius 3 is 2.71 bits per heavy atom. The van der Waals surface area contributed by atoms with E-state index in [2.05, 4.69) is 10.8 Å². The Kier molecular flexibility index (Phi) is 4.03. The Morgan fingerprint density at radius 2 is 2.14 bits per heavy atom. The summed E-state index contributed by atoms with van der Waals surface area (Å²) in [6.07, 6.45) is 5.28. The molecule has 2 nitrogen and oxygen atoms in total. The molecule has 0 bridgehead atoms. The zero-order valence-electron chi connectivity index (χ0n) is 8.40. The Balaban J connectivity index is 2.97. The third-order valence-corrected chi connectivity index (χ3v) is 2.17. The van der Waals surface area contributed by atoms with Gasteiger partial charge in [0.1, 0.15) is 0 Å². The second-order valence-corrected chi connectivity index (χ2v) is 3.01. The predicted octanol–water partition coefficient (Wildman–Crippen LogP) is 1.64. The Hall–Kier alpha value is -1.46. The number of anilines is 1. The van der Waals surface area contributed by atoms with Crippen LogP contribution in [0.1, 0.15) is 12.5 Å². The molecule has 2 heteroatoms. The molecule has 0 aliphatic carbocycles. The van der Waals surface area contributed by atoms with Gasteiger partial charge >= 0.3 is 0 Å². The van der Waals surface area contributed by atoms with Gasteiger partial charge in [0.05, 0.1) is 13.2 Å². The minimum Gasteiger partial charge on any atom is -0.392 e. The number of hydrogen-bond acceptors (Lipinski definition) is 2. The third-order valence-electron chi connectivity index (χ3n) is 2.17. The van der Waals surface area contributed by atoms with E-state index in [4.69, 9.17) is 11.5 Å². The van der Waals surface area contributed by atoms with Gasteiger partial charge in [-0.25, -0.2) is 0 Å². The van der Waals surface area contributed by atoms with Crippen LogP contribution in [-0.4, -0.2) is 18.2 Å². The maximum atomic E-state index is 9.15. The minimum atomic E-state index is 0.0528. The number of para-hydroxylation sites is 1. The molecule has 0 radical (unpaired) electrons. The van der Waals surface area contributed by atoms with Gasteiger partial charge in [-0.15, -0.1) is 6.42 Å². The lowest BCUT2D eigenvalue weighted by Crippen LogP contribution is -2.24. The standard InChI is InChI=1S/C12H15NO/c1-3-9-13(4-2)12-8-6-5-7-11(12)10-14/h1,5-8,14H,4,9-10H2,2H3. The summed E-state index contributed by atoms with van der Waals surface area (Å²) in [7, 11) is 0. The molecule has 0 saturated carbocycles. The van der Waals surface area contributed by atoms with E-state index in [1.165, 1.54) is 0 Å². The van der Waals surface area contributed by atoms with Gasteiger partial charge in [-0.05, 0) is 13.0 Å². The van der Waals surface area contributed by atoms with Crippen LogP contribution in [0, 0.1) is 12.3 Å². The highest BCUT2D eigenvalue weighted by molar-refractivity contribution is 5.54. The number of aliphatic hydroxyl groups excluding tert-OH is 1. The molecule has 0 amide bonds. The lowest BCUT2D eigenvalue weighted by molar-refractivity contribution is 0.282. The van der Waals surface area contributed by atoms with Crippen molar-refractivity contribution in [3.63, 3.8) is 0 Å². The number of aliphatic hydroxyl groups is 1. The Morgan fingerprint density at radius 1 is 1.43 bits per heavy atom. The molecule has 0 spiro atoms. The van der Waals surface area contributed by atoms with Gasteiger partial charge < -0.3 is 10.0 Å².